The minimum Gasteiger partial charge on any atom is -0.356 e. The first kappa shape index (κ1) is 23.2. The zero-order valence-electron chi connectivity index (χ0n) is 16.2. The van der Waals surface area contributed by atoms with Crippen molar-refractivity contribution in [1.29, 1.82) is 0 Å². The van der Waals surface area contributed by atoms with Crippen LogP contribution in [0.3, 0.4) is 0 Å². The number of likely N-dealkylation sites (N-methyl/N-ethyl adjacent to an activating group) is 2. The highest BCUT2D eigenvalue weighted by atomic mass is 127. The second-order valence-electron chi connectivity index (χ2n) is 7.06. The molecule has 7 heteroatoms. The highest BCUT2D eigenvalue weighted by Gasteiger charge is 2.15. The van der Waals surface area contributed by atoms with Crippen LogP contribution >= 0.6 is 35.3 Å². The second-order valence-corrected chi connectivity index (χ2v) is 8.10. The quantitative estimate of drug-likeness (QED) is 0.361. The standard InChI is InChI=1S/C19H32N4OS.HI/c1-22(2)18(24)15-21-19(20-14-16-8-5-4-6-9-16)23(3)12-11-17-10-7-13-25-17;/h7,10,13,16H,4-6,8-9,11-12,14-15H2,1-3H3,(H,20,21);1H. The number of guanidine groups is 1. The van der Waals surface area contributed by atoms with Gasteiger partial charge in [-0.3, -0.25) is 4.79 Å². The van der Waals surface area contributed by atoms with E-state index in [1.807, 2.05) is 0 Å². The summed E-state index contributed by atoms with van der Waals surface area (Å²) < 4.78 is 0. The third-order valence-corrected chi connectivity index (χ3v) is 5.71. The van der Waals surface area contributed by atoms with Gasteiger partial charge in [0.05, 0.1) is 0 Å². The maximum Gasteiger partial charge on any atom is 0.243 e. The number of carbonyl (C=O) groups excluding carboxylic acids is 1. The molecule has 0 saturated heterocycles. The molecule has 1 aromatic heterocycles. The summed E-state index contributed by atoms with van der Waals surface area (Å²) in [4.78, 5) is 21.6. The zero-order valence-corrected chi connectivity index (χ0v) is 19.4. The Balaban J connectivity index is 0.00000338. The average molecular weight is 492 g/mol. The molecule has 2 rings (SSSR count). The Labute approximate surface area is 179 Å². The summed E-state index contributed by atoms with van der Waals surface area (Å²) in [5, 5.41) is 5.63. The molecule has 1 N–H and O–H groups in total. The summed E-state index contributed by atoms with van der Waals surface area (Å²) in [7, 11) is 5.60. The molecule has 1 heterocycles. The van der Waals surface area contributed by atoms with Crippen LogP contribution in [0.4, 0.5) is 0 Å². The predicted octanol–water partition coefficient (Wildman–Crippen LogP) is 3.45. The normalized spacial score (nSPS) is 15.3. The number of halogens is 1. The van der Waals surface area contributed by atoms with E-state index < -0.39 is 0 Å². The lowest BCUT2D eigenvalue weighted by molar-refractivity contribution is -0.127. The highest BCUT2D eigenvalue weighted by Crippen LogP contribution is 2.22. The fourth-order valence-electron chi connectivity index (χ4n) is 3.06. The van der Waals surface area contributed by atoms with E-state index in [2.05, 4.69) is 39.8 Å². The molecular weight excluding hydrogens is 459 g/mol. The van der Waals surface area contributed by atoms with Gasteiger partial charge >= 0.3 is 0 Å². The van der Waals surface area contributed by atoms with Crippen LogP contribution in [0.2, 0.25) is 0 Å². The number of nitrogens with zero attached hydrogens (tertiary/aromatic N) is 3. The van der Waals surface area contributed by atoms with Crippen molar-refractivity contribution in [2.24, 2.45) is 10.9 Å². The van der Waals surface area contributed by atoms with Gasteiger partial charge in [0.2, 0.25) is 5.91 Å². The van der Waals surface area contributed by atoms with Gasteiger partial charge in [-0.25, -0.2) is 4.99 Å². The zero-order chi connectivity index (χ0) is 18.1. The molecule has 1 saturated carbocycles. The Morgan fingerprint density at radius 3 is 2.62 bits per heavy atom. The van der Waals surface area contributed by atoms with Crippen molar-refractivity contribution in [3.63, 3.8) is 0 Å². The lowest BCUT2D eigenvalue weighted by Crippen LogP contribution is -2.43. The largest absolute Gasteiger partial charge is 0.356 e. The van der Waals surface area contributed by atoms with Gasteiger partial charge in [0.25, 0.3) is 0 Å². The fraction of sp³-hybridized carbons (Fsp3) is 0.684. The molecule has 1 fully saturated rings. The van der Waals surface area contributed by atoms with E-state index in [0.29, 0.717) is 0 Å². The van der Waals surface area contributed by atoms with E-state index in [-0.39, 0.29) is 36.4 Å². The SMILES string of the molecule is CN(C)C(=O)CN=C(NCC1CCCCC1)N(C)CCc1cccs1.I. The molecule has 0 atom stereocenters. The monoisotopic (exact) mass is 492 g/mol. The summed E-state index contributed by atoms with van der Waals surface area (Å²) in [6.45, 7) is 2.05. The molecule has 148 valence electrons. The van der Waals surface area contributed by atoms with Crippen molar-refractivity contribution in [3.05, 3.63) is 22.4 Å². The first-order valence-corrected chi connectivity index (χ1v) is 10.2. The Morgan fingerprint density at radius 2 is 2.00 bits per heavy atom. The maximum atomic E-state index is 11.9. The lowest BCUT2D eigenvalue weighted by atomic mass is 9.89. The average Bonchev–Trinajstić information content (AvgIpc) is 3.13. The van der Waals surface area contributed by atoms with E-state index in [1.165, 1.54) is 37.0 Å². The Morgan fingerprint density at radius 1 is 1.27 bits per heavy atom. The van der Waals surface area contributed by atoms with E-state index >= 15 is 0 Å². The molecule has 1 amide bonds. The third kappa shape index (κ3) is 8.24. The summed E-state index contributed by atoms with van der Waals surface area (Å²) in [5.41, 5.74) is 0. The minimum absolute atomic E-state index is 0. The number of rotatable bonds is 7. The Bertz CT molecular complexity index is 542. The van der Waals surface area contributed by atoms with Crippen LogP contribution in [0.1, 0.15) is 37.0 Å². The van der Waals surface area contributed by atoms with Gasteiger partial charge in [0.15, 0.2) is 5.96 Å². The van der Waals surface area contributed by atoms with Crippen LogP contribution in [0.5, 0.6) is 0 Å². The summed E-state index contributed by atoms with van der Waals surface area (Å²) in [6, 6.07) is 4.26. The molecule has 1 aliphatic carbocycles. The summed E-state index contributed by atoms with van der Waals surface area (Å²) in [5.74, 6) is 1.61. The van der Waals surface area contributed by atoms with E-state index in [9.17, 15) is 4.79 Å². The number of nitrogens with one attached hydrogen (secondary N) is 1. The summed E-state index contributed by atoms with van der Waals surface area (Å²) in [6.07, 6.45) is 7.65. The number of carbonyl (C=O) groups is 1. The van der Waals surface area contributed by atoms with Gasteiger partial charge in [-0.05, 0) is 36.6 Å². The number of aliphatic imine (C=N–C) groups is 1. The fourth-order valence-corrected chi connectivity index (χ4v) is 3.76. The molecule has 5 nitrogen and oxygen atoms in total. The Kier molecular flexibility index (Phi) is 11.2. The predicted molar refractivity (Wildman–Crippen MR) is 122 cm³/mol. The molecule has 0 spiro atoms. The van der Waals surface area contributed by atoms with Crippen LogP contribution in [-0.2, 0) is 11.2 Å². The molecule has 0 bridgehead atoms. The van der Waals surface area contributed by atoms with Crippen molar-refractivity contribution >= 4 is 47.2 Å². The van der Waals surface area contributed by atoms with Gasteiger partial charge in [-0.2, -0.15) is 0 Å². The number of thiophene rings is 1. The van der Waals surface area contributed by atoms with Gasteiger partial charge in [0.1, 0.15) is 6.54 Å². The molecule has 0 unspecified atom stereocenters. The van der Waals surface area contributed by atoms with Gasteiger partial charge in [0, 0.05) is 39.1 Å². The van der Waals surface area contributed by atoms with Gasteiger partial charge in [-0.15, -0.1) is 35.3 Å². The van der Waals surface area contributed by atoms with Crippen LogP contribution in [0.25, 0.3) is 0 Å². The van der Waals surface area contributed by atoms with Crippen molar-refractivity contribution < 1.29 is 4.79 Å². The van der Waals surface area contributed by atoms with Gasteiger partial charge in [-0.1, -0.05) is 25.3 Å². The Hall–Kier alpha value is -0.830. The molecule has 0 aromatic carbocycles. The van der Waals surface area contributed by atoms with E-state index in [1.54, 1.807) is 30.3 Å². The highest BCUT2D eigenvalue weighted by molar-refractivity contribution is 14.0. The van der Waals surface area contributed by atoms with Crippen LogP contribution in [0, 0.1) is 5.92 Å². The first-order chi connectivity index (χ1) is 12.1. The first-order valence-electron chi connectivity index (χ1n) is 9.28. The van der Waals surface area contributed by atoms with Crippen molar-refractivity contribution in [3.8, 4) is 0 Å². The second kappa shape index (κ2) is 12.5. The van der Waals surface area contributed by atoms with Crippen molar-refractivity contribution in [2.45, 2.75) is 38.5 Å². The molecule has 0 aliphatic heterocycles. The molecular formula is C19H33IN4OS. The minimum atomic E-state index is 0. The smallest absolute Gasteiger partial charge is 0.243 e. The molecule has 26 heavy (non-hydrogen) atoms. The van der Waals surface area contributed by atoms with Crippen molar-refractivity contribution in [1.82, 2.24) is 15.1 Å². The lowest BCUT2D eigenvalue weighted by Gasteiger charge is -2.26. The topological polar surface area (TPSA) is 47.9 Å². The third-order valence-electron chi connectivity index (χ3n) is 4.77. The number of hydrogen-bond acceptors (Lipinski definition) is 3. The number of hydrogen-bond donors (Lipinski definition) is 1. The van der Waals surface area contributed by atoms with E-state index in [4.69, 9.17) is 0 Å². The van der Waals surface area contributed by atoms with E-state index in [0.717, 1.165) is 31.4 Å². The van der Waals surface area contributed by atoms with Crippen LogP contribution < -0.4 is 5.32 Å². The van der Waals surface area contributed by atoms with Crippen LogP contribution in [0.15, 0.2) is 22.5 Å². The summed E-state index contributed by atoms with van der Waals surface area (Å²) >= 11 is 1.79. The molecule has 0 radical (unpaired) electrons. The number of amides is 1. The van der Waals surface area contributed by atoms with Crippen LogP contribution in [-0.4, -0.2) is 62.4 Å². The maximum absolute atomic E-state index is 11.9. The van der Waals surface area contributed by atoms with Crippen molar-refractivity contribution in [2.75, 3.05) is 40.8 Å². The molecule has 1 aliphatic rings. The van der Waals surface area contributed by atoms with Gasteiger partial charge < -0.3 is 15.1 Å². The molecule has 1 aromatic rings.